The summed E-state index contributed by atoms with van der Waals surface area (Å²) >= 11 is 0. The van der Waals surface area contributed by atoms with Crippen LogP contribution in [0.15, 0.2) is 28.7 Å². The second-order valence-electron chi connectivity index (χ2n) is 4.51. The maximum absolute atomic E-state index is 12.3. The highest BCUT2D eigenvalue weighted by molar-refractivity contribution is 6.09. The van der Waals surface area contributed by atoms with Crippen LogP contribution in [0.2, 0.25) is 0 Å². The predicted molar refractivity (Wildman–Crippen MR) is 67.5 cm³/mol. The molecule has 0 spiro atoms. The number of rotatable bonds is 2. The average molecular weight is 228 g/mol. The number of ketones is 1. The van der Waals surface area contributed by atoms with Crippen molar-refractivity contribution in [2.75, 3.05) is 0 Å². The first-order chi connectivity index (χ1) is 7.99. The summed E-state index contributed by atoms with van der Waals surface area (Å²) in [4.78, 5) is 12.3. The topological polar surface area (TPSA) is 30.2 Å². The summed E-state index contributed by atoms with van der Waals surface area (Å²) in [6.07, 6.45) is 0. The van der Waals surface area contributed by atoms with E-state index in [0.717, 1.165) is 22.5 Å². The molecule has 0 aliphatic rings. The average Bonchev–Trinajstić information content (AvgIpc) is 2.63. The molecule has 2 rings (SSSR count). The van der Waals surface area contributed by atoms with Crippen molar-refractivity contribution in [3.63, 3.8) is 0 Å². The molecule has 0 saturated heterocycles. The number of furan rings is 1. The quantitative estimate of drug-likeness (QED) is 0.733. The van der Waals surface area contributed by atoms with E-state index in [1.807, 2.05) is 45.9 Å². The van der Waals surface area contributed by atoms with Crippen molar-refractivity contribution in [1.82, 2.24) is 0 Å². The molecule has 0 unspecified atom stereocenters. The Morgan fingerprint density at radius 1 is 1.00 bits per heavy atom. The Bertz CT molecular complexity index is 553. The zero-order valence-corrected chi connectivity index (χ0v) is 10.6. The first kappa shape index (κ1) is 11.6. The van der Waals surface area contributed by atoms with Crippen molar-refractivity contribution in [1.29, 1.82) is 0 Å². The highest BCUT2D eigenvalue weighted by atomic mass is 16.3. The lowest BCUT2D eigenvalue weighted by molar-refractivity contribution is 0.101. The third-order valence-electron chi connectivity index (χ3n) is 2.87. The minimum atomic E-state index is -0.0342. The van der Waals surface area contributed by atoms with E-state index in [9.17, 15) is 4.79 Å². The molecule has 2 aromatic rings. The Morgan fingerprint density at radius 3 is 2.06 bits per heavy atom. The van der Waals surface area contributed by atoms with E-state index >= 15 is 0 Å². The molecule has 2 nitrogen and oxygen atoms in total. The molecule has 0 aliphatic carbocycles. The predicted octanol–water partition coefficient (Wildman–Crippen LogP) is 3.74. The van der Waals surface area contributed by atoms with Crippen molar-refractivity contribution >= 4 is 5.78 Å². The number of benzene rings is 1. The molecule has 2 heteroatoms. The smallest absolute Gasteiger partial charge is 0.228 e. The van der Waals surface area contributed by atoms with Crippen LogP contribution in [0.4, 0.5) is 0 Å². The summed E-state index contributed by atoms with van der Waals surface area (Å²) < 4.78 is 5.39. The molecule has 0 N–H and O–H groups in total. The standard InChI is InChI=1S/C15H16O2/c1-9-7-10(2)14(11(3)8-9)15(16)13-6-5-12(4)17-13/h5-8H,1-4H3. The number of carbonyl (C=O) groups is 1. The summed E-state index contributed by atoms with van der Waals surface area (Å²) in [7, 11) is 0. The van der Waals surface area contributed by atoms with Gasteiger partial charge >= 0.3 is 0 Å². The van der Waals surface area contributed by atoms with Crippen LogP contribution in [0.3, 0.4) is 0 Å². The molecule has 0 radical (unpaired) electrons. The van der Waals surface area contributed by atoms with Crippen LogP contribution in [0.5, 0.6) is 0 Å². The Morgan fingerprint density at radius 2 is 1.59 bits per heavy atom. The van der Waals surface area contributed by atoms with Gasteiger partial charge in [-0.05, 0) is 51.0 Å². The van der Waals surface area contributed by atoms with Crippen LogP contribution in [-0.4, -0.2) is 5.78 Å². The lowest BCUT2D eigenvalue weighted by Gasteiger charge is -2.08. The SMILES string of the molecule is Cc1cc(C)c(C(=O)c2ccc(C)o2)c(C)c1. The molecule has 0 aliphatic heterocycles. The molecule has 0 atom stereocenters. The first-order valence-electron chi connectivity index (χ1n) is 5.68. The van der Waals surface area contributed by atoms with E-state index in [4.69, 9.17) is 4.42 Å². The van der Waals surface area contributed by atoms with Crippen LogP contribution in [0.25, 0.3) is 0 Å². The molecular formula is C15H16O2. The van der Waals surface area contributed by atoms with Gasteiger partial charge in [0, 0.05) is 5.56 Å². The van der Waals surface area contributed by atoms with Gasteiger partial charge in [0.2, 0.25) is 5.78 Å². The van der Waals surface area contributed by atoms with E-state index in [2.05, 4.69) is 0 Å². The van der Waals surface area contributed by atoms with Gasteiger partial charge in [-0.15, -0.1) is 0 Å². The summed E-state index contributed by atoms with van der Waals surface area (Å²) in [5.41, 5.74) is 3.93. The molecule has 0 fully saturated rings. The molecule has 1 aromatic heterocycles. The Hall–Kier alpha value is -1.83. The lowest BCUT2D eigenvalue weighted by atomic mass is 9.96. The lowest BCUT2D eigenvalue weighted by Crippen LogP contribution is -2.05. The van der Waals surface area contributed by atoms with Gasteiger partial charge in [0.05, 0.1) is 0 Å². The Balaban J connectivity index is 2.51. The minimum absolute atomic E-state index is 0.0342. The largest absolute Gasteiger partial charge is 0.458 e. The van der Waals surface area contributed by atoms with Crippen LogP contribution >= 0.6 is 0 Å². The third-order valence-corrected chi connectivity index (χ3v) is 2.87. The highest BCUT2D eigenvalue weighted by Crippen LogP contribution is 2.21. The third kappa shape index (κ3) is 2.16. The van der Waals surface area contributed by atoms with E-state index in [1.54, 1.807) is 6.07 Å². The number of aryl methyl sites for hydroxylation is 4. The van der Waals surface area contributed by atoms with Gasteiger partial charge in [0.25, 0.3) is 0 Å². The first-order valence-corrected chi connectivity index (χ1v) is 5.68. The summed E-state index contributed by atoms with van der Waals surface area (Å²) in [6, 6.07) is 7.59. The number of hydrogen-bond acceptors (Lipinski definition) is 2. The normalized spacial score (nSPS) is 10.6. The van der Waals surface area contributed by atoms with Crippen molar-refractivity contribution in [2.45, 2.75) is 27.7 Å². The second-order valence-corrected chi connectivity index (χ2v) is 4.51. The van der Waals surface area contributed by atoms with Crippen LogP contribution in [-0.2, 0) is 0 Å². The fraction of sp³-hybridized carbons (Fsp3) is 0.267. The zero-order valence-electron chi connectivity index (χ0n) is 10.6. The van der Waals surface area contributed by atoms with E-state index in [1.165, 1.54) is 5.56 Å². The number of carbonyl (C=O) groups excluding carboxylic acids is 1. The summed E-state index contributed by atoms with van der Waals surface area (Å²) in [5.74, 6) is 1.14. The van der Waals surface area contributed by atoms with Gasteiger partial charge in [-0.1, -0.05) is 17.7 Å². The molecule has 17 heavy (non-hydrogen) atoms. The minimum Gasteiger partial charge on any atom is -0.458 e. The fourth-order valence-electron chi connectivity index (χ4n) is 2.22. The van der Waals surface area contributed by atoms with Crippen molar-refractivity contribution < 1.29 is 9.21 Å². The van der Waals surface area contributed by atoms with Crippen LogP contribution in [0, 0.1) is 27.7 Å². The fourth-order valence-corrected chi connectivity index (χ4v) is 2.22. The molecule has 0 bridgehead atoms. The number of hydrogen-bond donors (Lipinski definition) is 0. The van der Waals surface area contributed by atoms with Gasteiger partial charge in [0.1, 0.15) is 5.76 Å². The van der Waals surface area contributed by atoms with Gasteiger partial charge in [-0.25, -0.2) is 0 Å². The highest BCUT2D eigenvalue weighted by Gasteiger charge is 2.17. The van der Waals surface area contributed by atoms with Crippen LogP contribution < -0.4 is 0 Å². The van der Waals surface area contributed by atoms with Gasteiger partial charge < -0.3 is 4.42 Å². The molecular weight excluding hydrogens is 212 g/mol. The second kappa shape index (κ2) is 4.21. The van der Waals surface area contributed by atoms with E-state index in [0.29, 0.717) is 5.76 Å². The van der Waals surface area contributed by atoms with Crippen LogP contribution in [0.1, 0.15) is 38.6 Å². The van der Waals surface area contributed by atoms with E-state index in [-0.39, 0.29) is 5.78 Å². The van der Waals surface area contributed by atoms with Crippen molar-refractivity contribution in [3.8, 4) is 0 Å². The molecule has 1 aromatic carbocycles. The molecule has 88 valence electrons. The molecule has 1 heterocycles. The summed E-state index contributed by atoms with van der Waals surface area (Å²) in [5, 5.41) is 0. The Kier molecular flexibility index (Phi) is 2.88. The summed E-state index contributed by atoms with van der Waals surface area (Å²) in [6.45, 7) is 7.79. The molecule has 0 saturated carbocycles. The van der Waals surface area contributed by atoms with Gasteiger partial charge in [0.15, 0.2) is 5.76 Å². The maximum Gasteiger partial charge on any atom is 0.228 e. The maximum atomic E-state index is 12.3. The van der Waals surface area contributed by atoms with Crippen molar-refractivity contribution in [2.24, 2.45) is 0 Å². The molecule has 0 amide bonds. The van der Waals surface area contributed by atoms with E-state index < -0.39 is 0 Å². The van der Waals surface area contributed by atoms with Gasteiger partial charge in [-0.2, -0.15) is 0 Å². The monoisotopic (exact) mass is 228 g/mol. The van der Waals surface area contributed by atoms with Gasteiger partial charge in [-0.3, -0.25) is 4.79 Å². The zero-order chi connectivity index (χ0) is 12.6. The Labute approximate surface area is 101 Å². The van der Waals surface area contributed by atoms with Crippen molar-refractivity contribution in [3.05, 3.63) is 58.0 Å².